The number of halogens is 1. The average Bonchev–Trinajstić information content (AvgIpc) is 2.47. The van der Waals surface area contributed by atoms with Crippen molar-refractivity contribution < 1.29 is 9.18 Å². The van der Waals surface area contributed by atoms with Crippen molar-refractivity contribution in [3.05, 3.63) is 71.8 Å². The van der Waals surface area contributed by atoms with E-state index in [0.29, 0.717) is 0 Å². The molecule has 1 aromatic heterocycles. The van der Waals surface area contributed by atoms with Crippen molar-refractivity contribution in [2.45, 2.75) is 13.0 Å². The maximum atomic E-state index is 12.7. The van der Waals surface area contributed by atoms with Crippen LogP contribution < -0.4 is 5.32 Å². The van der Waals surface area contributed by atoms with Gasteiger partial charge in [-0.05, 0) is 48.4 Å². The number of benzene rings is 1. The third-order valence-electron chi connectivity index (χ3n) is 2.86. The van der Waals surface area contributed by atoms with Crippen molar-refractivity contribution in [1.29, 1.82) is 0 Å². The Labute approximate surface area is 117 Å². The lowest BCUT2D eigenvalue weighted by Gasteiger charge is -2.12. The Bertz CT molecular complexity index is 594. The summed E-state index contributed by atoms with van der Waals surface area (Å²) >= 11 is 0. The van der Waals surface area contributed by atoms with Crippen molar-refractivity contribution in [3.63, 3.8) is 0 Å². The maximum Gasteiger partial charge on any atom is 0.244 e. The summed E-state index contributed by atoms with van der Waals surface area (Å²) in [6, 6.07) is 9.57. The Morgan fingerprint density at radius 2 is 1.85 bits per heavy atom. The predicted molar refractivity (Wildman–Crippen MR) is 76.2 cm³/mol. The first-order chi connectivity index (χ1) is 9.65. The molecule has 20 heavy (non-hydrogen) atoms. The zero-order valence-electron chi connectivity index (χ0n) is 11.1. The molecule has 0 radical (unpaired) electrons. The second-order valence-corrected chi connectivity index (χ2v) is 4.40. The van der Waals surface area contributed by atoms with Crippen LogP contribution in [0.1, 0.15) is 24.1 Å². The summed E-state index contributed by atoms with van der Waals surface area (Å²) in [4.78, 5) is 15.7. The number of rotatable bonds is 4. The normalized spacial score (nSPS) is 12.3. The van der Waals surface area contributed by atoms with Gasteiger partial charge in [-0.1, -0.05) is 12.1 Å². The van der Waals surface area contributed by atoms with E-state index in [1.54, 1.807) is 30.6 Å². The average molecular weight is 270 g/mol. The van der Waals surface area contributed by atoms with Gasteiger partial charge >= 0.3 is 0 Å². The van der Waals surface area contributed by atoms with Crippen molar-refractivity contribution in [3.8, 4) is 0 Å². The third-order valence-corrected chi connectivity index (χ3v) is 2.86. The van der Waals surface area contributed by atoms with Crippen LogP contribution in [0, 0.1) is 5.82 Å². The summed E-state index contributed by atoms with van der Waals surface area (Å²) in [7, 11) is 0. The lowest BCUT2D eigenvalue weighted by Crippen LogP contribution is -2.24. The summed E-state index contributed by atoms with van der Waals surface area (Å²) in [6.07, 6.45) is 6.46. The second-order valence-electron chi connectivity index (χ2n) is 4.40. The number of aromatic nitrogens is 1. The van der Waals surface area contributed by atoms with E-state index in [4.69, 9.17) is 0 Å². The first-order valence-corrected chi connectivity index (χ1v) is 6.29. The van der Waals surface area contributed by atoms with Gasteiger partial charge in [-0.25, -0.2) is 4.39 Å². The smallest absolute Gasteiger partial charge is 0.244 e. The van der Waals surface area contributed by atoms with Crippen LogP contribution in [0.25, 0.3) is 6.08 Å². The fraction of sp³-hybridized carbons (Fsp3) is 0.125. The summed E-state index contributed by atoms with van der Waals surface area (Å²) in [5, 5.41) is 2.85. The molecule has 1 unspecified atom stereocenters. The van der Waals surface area contributed by atoms with Gasteiger partial charge in [0.1, 0.15) is 5.82 Å². The van der Waals surface area contributed by atoms with Crippen molar-refractivity contribution in [1.82, 2.24) is 10.3 Å². The first-order valence-electron chi connectivity index (χ1n) is 6.29. The predicted octanol–water partition coefficient (Wildman–Crippen LogP) is 3.11. The number of nitrogens with one attached hydrogen (secondary N) is 1. The van der Waals surface area contributed by atoms with E-state index in [1.807, 2.05) is 19.1 Å². The third kappa shape index (κ3) is 4.02. The fourth-order valence-corrected chi connectivity index (χ4v) is 1.74. The molecule has 1 heterocycles. The molecule has 1 aromatic carbocycles. The number of carbonyl (C=O) groups is 1. The Morgan fingerprint density at radius 3 is 2.50 bits per heavy atom. The van der Waals surface area contributed by atoms with Gasteiger partial charge < -0.3 is 5.32 Å². The molecule has 0 saturated carbocycles. The topological polar surface area (TPSA) is 42.0 Å². The van der Waals surface area contributed by atoms with E-state index in [2.05, 4.69) is 10.3 Å². The van der Waals surface area contributed by atoms with Gasteiger partial charge in [-0.15, -0.1) is 0 Å². The molecule has 0 saturated heterocycles. The van der Waals surface area contributed by atoms with Crippen LogP contribution in [0.5, 0.6) is 0 Å². The molecule has 0 aliphatic carbocycles. The van der Waals surface area contributed by atoms with Gasteiger partial charge in [0.2, 0.25) is 5.91 Å². The number of pyridine rings is 1. The van der Waals surface area contributed by atoms with Crippen molar-refractivity contribution in [2.24, 2.45) is 0 Å². The van der Waals surface area contributed by atoms with E-state index in [0.717, 1.165) is 11.1 Å². The van der Waals surface area contributed by atoms with Crippen LogP contribution in [0.15, 0.2) is 54.9 Å². The SMILES string of the molecule is CC(NC(=O)C=Cc1ccc(F)cc1)c1ccncc1. The number of amides is 1. The van der Waals surface area contributed by atoms with E-state index >= 15 is 0 Å². The van der Waals surface area contributed by atoms with Crippen LogP contribution in [0.3, 0.4) is 0 Å². The molecule has 1 atom stereocenters. The molecule has 2 rings (SSSR count). The fourth-order valence-electron chi connectivity index (χ4n) is 1.74. The molecule has 1 amide bonds. The Morgan fingerprint density at radius 1 is 1.20 bits per heavy atom. The highest BCUT2D eigenvalue weighted by molar-refractivity contribution is 5.91. The van der Waals surface area contributed by atoms with E-state index in [1.165, 1.54) is 18.2 Å². The Kier molecular flexibility index (Phi) is 4.60. The van der Waals surface area contributed by atoms with Crippen LogP contribution in [0.2, 0.25) is 0 Å². The standard InChI is InChI=1S/C16H15FN2O/c1-12(14-8-10-18-11-9-14)19-16(20)7-4-13-2-5-15(17)6-3-13/h2-12H,1H3,(H,19,20). The van der Waals surface area contributed by atoms with E-state index in [9.17, 15) is 9.18 Å². The number of hydrogen-bond donors (Lipinski definition) is 1. The summed E-state index contributed by atoms with van der Waals surface area (Å²) in [5.41, 5.74) is 1.77. The molecule has 0 spiro atoms. The summed E-state index contributed by atoms with van der Waals surface area (Å²) in [5.74, 6) is -0.489. The molecule has 3 nitrogen and oxygen atoms in total. The van der Waals surface area contributed by atoms with Crippen LogP contribution in [0.4, 0.5) is 4.39 Å². The molecule has 0 fully saturated rings. The highest BCUT2D eigenvalue weighted by Crippen LogP contribution is 2.10. The monoisotopic (exact) mass is 270 g/mol. The molecular weight excluding hydrogens is 255 g/mol. The van der Waals surface area contributed by atoms with Crippen LogP contribution >= 0.6 is 0 Å². The van der Waals surface area contributed by atoms with Gasteiger partial charge in [0.25, 0.3) is 0 Å². The zero-order valence-corrected chi connectivity index (χ0v) is 11.1. The van der Waals surface area contributed by atoms with Gasteiger partial charge in [-0.3, -0.25) is 9.78 Å². The molecule has 1 N–H and O–H groups in total. The van der Waals surface area contributed by atoms with E-state index < -0.39 is 0 Å². The molecular formula is C16H15FN2O. The molecule has 0 aliphatic heterocycles. The first kappa shape index (κ1) is 13.9. The lowest BCUT2D eigenvalue weighted by atomic mass is 10.1. The van der Waals surface area contributed by atoms with Crippen LogP contribution in [-0.4, -0.2) is 10.9 Å². The van der Waals surface area contributed by atoms with Crippen molar-refractivity contribution in [2.75, 3.05) is 0 Å². The largest absolute Gasteiger partial charge is 0.346 e. The van der Waals surface area contributed by atoms with Gasteiger partial charge in [-0.2, -0.15) is 0 Å². The van der Waals surface area contributed by atoms with Crippen LogP contribution in [-0.2, 0) is 4.79 Å². The molecule has 0 bridgehead atoms. The quantitative estimate of drug-likeness (QED) is 0.867. The highest BCUT2D eigenvalue weighted by atomic mass is 19.1. The molecule has 0 aliphatic rings. The van der Waals surface area contributed by atoms with Gasteiger partial charge in [0, 0.05) is 18.5 Å². The number of carbonyl (C=O) groups excluding carboxylic acids is 1. The zero-order chi connectivity index (χ0) is 14.4. The maximum absolute atomic E-state index is 12.7. The molecule has 2 aromatic rings. The van der Waals surface area contributed by atoms with Gasteiger partial charge in [0.05, 0.1) is 6.04 Å². The minimum Gasteiger partial charge on any atom is -0.346 e. The summed E-state index contributed by atoms with van der Waals surface area (Å²) < 4.78 is 12.7. The van der Waals surface area contributed by atoms with Gasteiger partial charge in [0.15, 0.2) is 0 Å². The highest BCUT2D eigenvalue weighted by Gasteiger charge is 2.06. The Balaban J connectivity index is 1.94. The number of nitrogens with zero attached hydrogens (tertiary/aromatic N) is 1. The number of hydrogen-bond acceptors (Lipinski definition) is 2. The van der Waals surface area contributed by atoms with E-state index in [-0.39, 0.29) is 17.8 Å². The second kappa shape index (κ2) is 6.61. The molecule has 4 heteroatoms. The summed E-state index contributed by atoms with van der Waals surface area (Å²) in [6.45, 7) is 1.90. The molecule has 102 valence electrons. The van der Waals surface area contributed by atoms with Crippen molar-refractivity contribution >= 4 is 12.0 Å². The Hall–Kier alpha value is -2.49. The lowest BCUT2D eigenvalue weighted by molar-refractivity contribution is -0.117. The minimum atomic E-state index is -0.294. The minimum absolute atomic E-state index is 0.0941.